The minimum absolute atomic E-state index is 0.108. The Hall–Kier alpha value is -1.32. The molecular weight excluding hydrogens is 321 g/mol. The van der Waals surface area contributed by atoms with Crippen LogP contribution in [0.3, 0.4) is 0 Å². The minimum Gasteiger partial charge on any atom is -0.274 e. The van der Waals surface area contributed by atoms with E-state index in [0.717, 1.165) is 6.42 Å². The van der Waals surface area contributed by atoms with Crippen LogP contribution in [0.4, 0.5) is 5.69 Å². The van der Waals surface area contributed by atoms with Gasteiger partial charge in [0.1, 0.15) is 0 Å². The molecule has 1 aliphatic heterocycles. The summed E-state index contributed by atoms with van der Waals surface area (Å²) in [5.41, 5.74) is 0.423. The number of anilines is 1. The Morgan fingerprint density at radius 3 is 2.14 bits per heavy atom. The van der Waals surface area contributed by atoms with Crippen LogP contribution >= 0.6 is 23.2 Å². The van der Waals surface area contributed by atoms with Gasteiger partial charge >= 0.3 is 0 Å². The Kier molecular flexibility index (Phi) is 2.48. The lowest BCUT2D eigenvalue weighted by atomic mass is 9.63. The van der Waals surface area contributed by atoms with E-state index in [4.69, 9.17) is 23.2 Å². The van der Waals surface area contributed by atoms with Gasteiger partial charge in [0.05, 0.1) is 27.6 Å². The third-order valence-electron chi connectivity index (χ3n) is 5.83. The van der Waals surface area contributed by atoms with E-state index in [9.17, 15) is 9.59 Å². The summed E-state index contributed by atoms with van der Waals surface area (Å²) in [4.78, 5) is 27.2. The van der Waals surface area contributed by atoms with E-state index in [0.29, 0.717) is 22.5 Å². The highest BCUT2D eigenvalue weighted by molar-refractivity contribution is 6.44. The molecule has 22 heavy (non-hydrogen) atoms. The van der Waals surface area contributed by atoms with Crippen LogP contribution in [-0.2, 0) is 9.59 Å². The molecule has 4 aliphatic carbocycles. The molecule has 2 amide bonds. The molecule has 2 bridgehead atoms. The molecule has 1 saturated heterocycles. The van der Waals surface area contributed by atoms with Crippen LogP contribution < -0.4 is 4.90 Å². The molecule has 6 atom stereocenters. The molecule has 0 N–H and O–H groups in total. The van der Waals surface area contributed by atoms with Crippen molar-refractivity contribution in [2.45, 2.75) is 6.42 Å². The zero-order valence-electron chi connectivity index (χ0n) is 11.6. The molecule has 0 spiro atoms. The fourth-order valence-electron chi connectivity index (χ4n) is 4.86. The summed E-state index contributed by atoms with van der Waals surface area (Å²) >= 11 is 12.3. The topological polar surface area (TPSA) is 37.4 Å². The summed E-state index contributed by atoms with van der Waals surface area (Å²) in [6, 6.07) is 5.07. The Bertz CT molecular complexity index is 723. The molecule has 5 heteroatoms. The van der Waals surface area contributed by atoms with Gasteiger partial charge in [0.15, 0.2) is 0 Å². The molecule has 3 nitrogen and oxygen atoms in total. The van der Waals surface area contributed by atoms with E-state index >= 15 is 0 Å². The van der Waals surface area contributed by atoms with Crippen molar-refractivity contribution in [3.63, 3.8) is 0 Å². The first-order valence-corrected chi connectivity index (χ1v) is 8.35. The lowest BCUT2D eigenvalue weighted by Gasteiger charge is -2.37. The highest BCUT2D eigenvalue weighted by Gasteiger charge is 2.67. The Morgan fingerprint density at radius 2 is 1.55 bits per heavy atom. The average molecular weight is 334 g/mol. The van der Waals surface area contributed by atoms with Gasteiger partial charge in [-0.05, 0) is 42.2 Å². The van der Waals surface area contributed by atoms with Gasteiger partial charge in [-0.3, -0.25) is 9.59 Å². The number of halogens is 2. The lowest BCUT2D eigenvalue weighted by molar-refractivity contribution is -0.124. The Balaban J connectivity index is 1.62. The van der Waals surface area contributed by atoms with Crippen LogP contribution in [-0.4, -0.2) is 11.8 Å². The number of rotatable bonds is 1. The number of benzene rings is 1. The van der Waals surface area contributed by atoms with Crippen LogP contribution in [0.1, 0.15) is 6.42 Å². The van der Waals surface area contributed by atoms with Gasteiger partial charge in [0.25, 0.3) is 0 Å². The maximum absolute atomic E-state index is 12.9. The molecule has 6 rings (SSSR count). The van der Waals surface area contributed by atoms with Crippen molar-refractivity contribution in [3.05, 3.63) is 40.4 Å². The molecule has 2 saturated carbocycles. The summed E-state index contributed by atoms with van der Waals surface area (Å²) in [5, 5.41) is 0.633. The third kappa shape index (κ3) is 1.44. The molecule has 3 fully saturated rings. The van der Waals surface area contributed by atoms with Crippen molar-refractivity contribution in [2.75, 3.05) is 4.90 Å². The summed E-state index contributed by atoms with van der Waals surface area (Å²) in [7, 11) is 0. The van der Waals surface area contributed by atoms with E-state index in [2.05, 4.69) is 12.2 Å². The molecule has 0 aromatic heterocycles. The van der Waals surface area contributed by atoms with E-state index in [-0.39, 0.29) is 40.5 Å². The fraction of sp³-hybridized carbons (Fsp3) is 0.412. The van der Waals surface area contributed by atoms with Crippen LogP contribution in [0.25, 0.3) is 0 Å². The Labute approximate surface area is 137 Å². The second-order valence-corrected chi connectivity index (χ2v) is 7.52. The number of nitrogens with zero attached hydrogens (tertiary/aromatic N) is 1. The normalized spacial score (nSPS) is 40.9. The van der Waals surface area contributed by atoms with Gasteiger partial charge in [0, 0.05) is 0 Å². The first-order chi connectivity index (χ1) is 10.6. The van der Waals surface area contributed by atoms with E-state index in [1.807, 2.05) is 0 Å². The number of imide groups is 1. The molecule has 112 valence electrons. The third-order valence-corrected chi connectivity index (χ3v) is 6.64. The largest absolute Gasteiger partial charge is 0.274 e. The van der Waals surface area contributed by atoms with Gasteiger partial charge in [0.2, 0.25) is 11.8 Å². The summed E-state index contributed by atoms with van der Waals surface area (Å²) in [6.07, 6.45) is 5.48. The van der Waals surface area contributed by atoms with Crippen molar-refractivity contribution in [2.24, 2.45) is 35.5 Å². The summed E-state index contributed by atoms with van der Waals surface area (Å²) < 4.78 is 0. The SMILES string of the molecule is O=C1[C@@H]2[C@H]3C=C[C@@H]([C@@H]4C[C@@H]34)[C@@H]2C(=O)N1c1cccc(Cl)c1Cl. The van der Waals surface area contributed by atoms with E-state index in [1.165, 1.54) is 4.90 Å². The second-order valence-electron chi connectivity index (χ2n) is 6.74. The van der Waals surface area contributed by atoms with Crippen LogP contribution in [0.5, 0.6) is 0 Å². The fourth-order valence-corrected chi connectivity index (χ4v) is 5.24. The van der Waals surface area contributed by atoms with Crippen molar-refractivity contribution in [1.82, 2.24) is 0 Å². The minimum atomic E-state index is -0.207. The zero-order chi connectivity index (χ0) is 15.2. The highest BCUT2D eigenvalue weighted by Crippen LogP contribution is 2.65. The van der Waals surface area contributed by atoms with E-state index < -0.39 is 0 Å². The van der Waals surface area contributed by atoms with Crippen molar-refractivity contribution < 1.29 is 9.59 Å². The second kappa shape index (κ2) is 4.15. The molecule has 0 unspecified atom stereocenters. The number of allylic oxidation sites excluding steroid dienone is 2. The maximum atomic E-state index is 12.9. The summed E-state index contributed by atoms with van der Waals surface area (Å²) in [6.45, 7) is 0. The standard InChI is InChI=1S/C17H13Cl2NO2/c18-11-2-1-3-12(15(11)19)20-16(21)13-7-4-5-8(10-6-9(7)10)14(13)17(20)22/h1-5,7-10,13-14H,6H2/t7-,8-,9-,10-,13-,14+/m0/s1. The molecule has 1 aromatic carbocycles. The predicted octanol–water partition coefficient (Wildman–Crippen LogP) is 3.55. The number of amides is 2. The van der Waals surface area contributed by atoms with E-state index in [1.54, 1.807) is 18.2 Å². The van der Waals surface area contributed by atoms with Crippen molar-refractivity contribution >= 4 is 40.7 Å². The number of carbonyl (C=O) groups excluding carboxylic acids is 2. The first kappa shape index (κ1) is 13.1. The van der Waals surface area contributed by atoms with Crippen LogP contribution in [0.15, 0.2) is 30.4 Å². The van der Waals surface area contributed by atoms with Gasteiger partial charge < -0.3 is 0 Å². The van der Waals surface area contributed by atoms with Crippen LogP contribution in [0, 0.1) is 35.5 Å². The van der Waals surface area contributed by atoms with Crippen molar-refractivity contribution in [3.8, 4) is 0 Å². The van der Waals surface area contributed by atoms with Crippen molar-refractivity contribution in [1.29, 1.82) is 0 Å². The lowest BCUT2D eigenvalue weighted by Crippen LogP contribution is -2.40. The quantitative estimate of drug-likeness (QED) is 0.582. The number of hydrogen-bond donors (Lipinski definition) is 0. The zero-order valence-corrected chi connectivity index (χ0v) is 13.1. The number of hydrogen-bond acceptors (Lipinski definition) is 2. The molecule has 0 radical (unpaired) electrons. The van der Waals surface area contributed by atoms with Gasteiger partial charge in [-0.25, -0.2) is 4.90 Å². The highest BCUT2D eigenvalue weighted by atomic mass is 35.5. The monoisotopic (exact) mass is 333 g/mol. The first-order valence-electron chi connectivity index (χ1n) is 7.59. The van der Waals surface area contributed by atoms with Gasteiger partial charge in [-0.1, -0.05) is 41.4 Å². The molecule has 1 heterocycles. The smallest absolute Gasteiger partial charge is 0.238 e. The number of carbonyl (C=O) groups is 2. The van der Waals surface area contributed by atoms with Gasteiger partial charge in [-0.2, -0.15) is 0 Å². The molecular formula is C17H13Cl2NO2. The predicted molar refractivity (Wildman–Crippen MR) is 83.7 cm³/mol. The molecule has 5 aliphatic rings. The maximum Gasteiger partial charge on any atom is 0.238 e. The van der Waals surface area contributed by atoms with Crippen LogP contribution in [0.2, 0.25) is 10.0 Å². The molecule has 1 aromatic rings. The van der Waals surface area contributed by atoms with Gasteiger partial charge in [-0.15, -0.1) is 0 Å². The Morgan fingerprint density at radius 1 is 0.955 bits per heavy atom. The average Bonchev–Trinajstić information content (AvgIpc) is 3.28. The summed E-state index contributed by atoms with van der Waals surface area (Å²) in [5.74, 6) is 1.01.